The van der Waals surface area contributed by atoms with Crippen LogP contribution in [0.1, 0.15) is 5.56 Å². The van der Waals surface area contributed by atoms with Crippen LogP contribution in [0.25, 0.3) is 10.9 Å². The first-order chi connectivity index (χ1) is 20.0. The number of rotatable bonds is 11. The largest absolute Gasteiger partial charge is 0.487 e. The summed E-state index contributed by atoms with van der Waals surface area (Å²) in [4.78, 5) is 22.7. The van der Waals surface area contributed by atoms with Crippen LogP contribution in [0.3, 0.4) is 0 Å². The fraction of sp³-hybridized carbons (Fsp3) is 0.207. The number of nitrogens with zero attached hydrogens (tertiary/aromatic N) is 3. The molecule has 0 bridgehead atoms. The fourth-order valence-electron chi connectivity index (χ4n) is 3.73. The van der Waals surface area contributed by atoms with Crippen LogP contribution >= 0.6 is 11.6 Å². The summed E-state index contributed by atoms with van der Waals surface area (Å²) >= 11 is 6.41. The van der Waals surface area contributed by atoms with E-state index in [0.717, 1.165) is 0 Å². The monoisotopic (exact) mass is 603 g/mol. The molecule has 1 aromatic heterocycles. The lowest BCUT2D eigenvalue weighted by Crippen LogP contribution is -2.20. The second kappa shape index (κ2) is 13.5. The van der Waals surface area contributed by atoms with Crippen LogP contribution < -0.4 is 20.1 Å². The number of hydrogen-bond acceptors (Lipinski definition) is 7. The average Bonchev–Trinajstić information content (AvgIpc) is 2.91. The molecule has 0 spiro atoms. The molecule has 0 radical (unpaired) electrons. The summed E-state index contributed by atoms with van der Waals surface area (Å²) < 4.78 is 62.9. The van der Waals surface area contributed by atoms with Gasteiger partial charge in [-0.15, -0.1) is 0 Å². The number of likely N-dealkylation sites (N-methyl/N-ethyl adjacent to an activating group) is 1. The molecule has 4 rings (SSSR count). The standard InChI is InChI=1S/C29H26ClF4N5O3/c1-39(2)10-4-7-27(40)38-24-13-21-23(14-26(24)42-16-29(32,33)34)35-17-36-28(21)37-20-8-9-25(22(30)12-20)41-15-18-5-3-6-19(31)11-18/h3-9,11-14,17H,10,15-16H2,1-2H3,(H,38,40)(H,35,36,37). The minimum Gasteiger partial charge on any atom is -0.487 e. The quantitative estimate of drug-likeness (QED) is 0.145. The number of amides is 1. The molecule has 2 N–H and O–H groups in total. The predicted octanol–water partition coefficient (Wildman–Crippen LogP) is 6.74. The molecule has 220 valence electrons. The van der Waals surface area contributed by atoms with Crippen molar-refractivity contribution in [2.75, 3.05) is 37.9 Å². The molecule has 8 nitrogen and oxygen atoms in total. The van der Waals surface area contributed by atoms with Crippen LogP contribution in [0.4, 0.5) is 34.8 Å². The smallest absolute Gasteiger partial charge is 0.422 e. The minimum absolute atomic E-state index is 0.00299. The topological polar surface area (TPSA) is 88.6 Å². The fourth-order valence-corrected chi connectivity index (χ4v) is 3.96. The Balaban J connectivity index is 1.58. The van der Waals surface area contributed by atoms with Crippen LogP contribution in [0.5, 0.6) is 11.5 Å². The number of halogens is 5. The van der Waals surface area contributed by atoms with E-state index in [0.29, 0.717) is 34.7 Å². The van der Waals surface area contributed by atoms with E-state index in [1.165, 1.54) is 36.7 Å². The van der Waals surface area contributed by atoms with E-state index in [1.807, 2.05) is 19.0 Å². The summed E-state index contributed by atoms with van der Waals surface area (Å²) in [6, 6.07) is 13.6. The van der Waals surface area contributed by atoms with Gasteiger partial charge in [-0.05, 0) is 56.1 Å². The molecule has 0 aliphatic carbocycles. The SMILES string of the molecule is CN(C)CC=CC(=O)Nc1cc2c(Nc3ccc(OCc4cccc(F)c4)c(Cl)c3)ncnc2cc1OCC(F)(F)F. The number of ether oxygens (including phenoxy) is 2. The van der Waals surface area contributed by atoms with E-state index in [4.69, 9.17) is 21.1 Å². The lowest BCUT2D eigenvalue weighted by atomic mass is 10.1. The van der Waals surface area contributed by atoms with Crippen molar-refractivity contribution < 1.29 is 31.8 Å². The number of benzene rings is 3. The molecule has 0 saturated heterocycles. The van der Waals surface area contributed by atoms with Gasteiger partial charge < -0.3 is 25.0 Å². The molecular formula is C29H26ClF4N5O3. The number of carbonyl (C=O) groups excluding carboxylic acids is 1. The first-order valence-corrected chi connectivity index (χ1v) is 12.9. The molecule has 3 aromatic carbocycles. The first kappa shape index (κ1) is 30.5. The van der Waals surface area contributed by atoms with Crippen molar-refractivity contribution >= 4 is 45.6 Å². The first-order valence-electron chi connectivity index (χ1n) is 12.5. The highest BCUT2D eigenvalue weighted by molar-refractivity contribution is 6.32. The van der Waals surface area contributed by atoms with E-state index in [9.17, 15) is 22.4 Å². The van der Waals surface area contributed by atoms with Gasteiger partial charge in [0, 0.05) is 29.8 Å². The van der Waals surface area contributed by atoms with Crippen molar-refractivity contribution in [2.45, 2.75) is 12.8 Å². The molecular weight excluding hydrogens is 578 g/mol. The second-order valence-corrected chi connectivity index (χ2v) is 9.74. The number of carbonyl (C=O) groups is 1. The molecule has 0 aliphatic heterocycles. The average molecular weight is 604 g/mol. The maximum atomic E-state index is 13.4. The Morgan fingerprint density at radius 1 is 1.05 bits per heavy atom. The maximum Gasteiger partial charge on any atom is 0.422 e. The summed E-state index contributed by atoms with van der Waals surface area (Å²) in [7, 11) is 3.65. The van der Waals surface area contributed by atoms with E-state index in [-0.39, 0.29) is 34.4 Å². The number of nitrogens with one attached hydrogen (secondary N) is 2. The molecule has 42 heavy (non-hydrogen) atoms. The van der Waals surface area contributed by atoms with Crippen molar-refractivity contribution in [1.29, 1.82) is 0 Å². The molecule has 1 heterocycles. The molecule has 0 aliphatic rings. The second-order valence-electron chi connectivity index (χ2n) is 9.33. The summed E-state index contributed by atoms with van der Waals surface area (Å²) in [5, 5.41) is 6.34. The minimum atomic E-state index is -4.59. The zero-order valence-corrected chi connectivity index (χ0v) is 23.3. The van der Waals surface area contributed by atoms with Crippen LogP contribution in [0, 0.1) is 5.82 Å². The third kappa shape index (κ3) is 8.79. The van der Waals surface area contributed by atoms with Crippen molar-refractivity contribution in [3.05, 3.63) is 89.5 Å². The van der Waals surface area contributed by atoms with Gasteiger partial charge in [0.1, 0.15) is 36.1 Å². The van der Waals surface area contributed by atoms with Crippen LogP contribution in [0.15, 0.2) is 73.1 Å². The highest BCUT2D eigenvalue weighted by Gasteiger charge is 2.29. The van der Waals surface area contributed by atoms with Crippen molar-refractivity contribution in [3.8, 4) is 11.5 Å². The highest BCUT2D eigenvalue weighted by atomic mass is 35.5. The predicted molar refractivity (Wildman–Crippen MR) is 153 cm³/mol. The van der Waals surface area contributed by atoms with E-state index in [2.05, 4.69) is 20.6 Å². The van der Waals surface area contributed by atoms with Crippen molar-refractivity contribution in [1.82, 2.24) is 14.9 Å². The summed E-state index contributed by atoms with van der Waals surface area (Å²) in [6.45, 7) is -0.958. The summed E-state index contributed by atoms with van der Waals surface area (Å²) in [5.74, 6) is -0.466. The molecule has 13 heteroatoms. The Labute approximate surface area is 243 Å². The van der Waals surface area contributed by atoms with Crippen LogP contribution in [-0.2, 0) is 11.4 Å². The normalized spacial score (nSPS) is 11.7. The Kier molecular flexibility index (Phi) is 9.81. The Morgan fingerprint density at radius 2 is 1.86 bits per heavy atom. The van der Waals surface area contributed by atoms with Crippen molar-refractivity contribution in [2.24, 2.45) is 0 Å². The molecule has 1 amide bonds. The lowest BCUT2D eigenvalue weighted by molar-refractivity contribution is -0.153. The maximum absolute atomic E-state index is 13.4. The third-order valence-electron chi connectivity index (χ3n) is 5.60. The zero-order valence-electron chi connectivity index (χ0n) is 22.5. The Morgan fingerprint density at radius 3 is 2.57 bits per heavy atom. The molecule has 0 unspecified atom stereocenters. The van der Waals surface area contributed by atoms with Crippen LogP contribution in [-0.4, -0.2) is 54.2 Å². The number of aromatic nitrogens is 2. The summed E-state index contributed by atoms with van der Waals surface area (Å²) in [6.07, 6.45) is -0.471. The number of alkyl halides is 3. The summed E-state index contributed by atoms with van der Waals surface area (Å²) in [5.41, 5.74) is 1.43. The van der Waals surface area contributed by atoms with Gasteiger partial charge in [-0.25, -0.2) is 14.4 Å². The Bertz CT molecular complexity index is 1600. The van der Waals surface area contributed by atoms with Gasteiger partial charge in [-0.2, -0.15) is 13.2 Å². The zero-order chi connectivity index (χ0) is 30.3. The molecule has 0 fully saturated rings. The van der Waals surface area contributed by atoms with Gasteiger partial charge in [-0.1, -0.05) is 29.8 Å². The van der Waals surface area contributed by atoms with Gasteiger partial charge >= 0.3 is 6.18 Å². The van der Waals surface area contributed by atoms with E-state index in [1.54, 1.807) is 36.4 Å². The van der Waals surface area contributed by atoms with Crippen LogP contribution in [0.2, 0.25) is 5.02 Å². The van der Waals surface area contributed by atoms with Gasteiger partial charge in [0.05, 0.1) is 16.2 Å². The third-order valence-corrected chi connectivity index (χ3v) is 5.90. The van der Waals surface area contributed by atoms with Crippen molar-refractivity contribution in [3.63, 3.8) is 0 Å². The molecule has 4 aromatic rings. The molecule has 0 atom stereocenters. The van der Waals surface area contributed by atoms with Gasteiger partial charge in [-0.3, -0.25) is 4.79 Å². The Hall–Kier alpha value is -4.42. The number of hydrogen-bond donors (Lipinski definition) is 2. The number of fused-ring (bicyclic) bond motifs is 1. The van der Waals surface area contributed by atoms with E-state index < -0.39 is 18.7 Å². The lowest BCUT2D eigenvalue weighted by Gasteiger charge is -2.16. The van der Waals surface area contributed by atoms with Gasteiger partial charge in [0.15, 0.2) is 6.61 Å². The van der Waals surface area contributed by atoms with Gasteiger partial charge in [0.25, 0.3) is 0 Å². The number of anilines is 3. The van der Waals surface area contributed by atoms with E-state index >= 15 is 0 Å². The highest BCUT2D eigenvalue weighted by Crippen LogP contribution is 2.35. The van der Waals surface area contributed by atoms with Gasteiger partial charge in [0.2, 0.25) is 5.91 Å². The molecule has 0 saturated carbocycles.